The first kappa shape index (κ1) is 18.0. The molecular weight excluding hydrogens is 330 g/mol. The summed E-state index contributed by atoms with van der Waals surface area (Å²) in [7, 11) is 0. The van der Waals surface area contributed by atoms with Crippen LogP contribution in [0.15, 0.2) is 24.5 Å². The monoisotopic (exact) mass is 355 g/mol. The Morgan fingerprint density at radius 1 is 1.12 bits per heavy atom. The first-order chi connectivity index (χ1) is 12.7. The minimum atomic E-state index is -0.137. The summed E-state index contributed by atoms with van der Waals surface area (Å²) in [6.07, 6.45) is 5.52. The number of aromatic nitrogens is 4. The Hall–Kier alpha value is -2.77. The van der Waals surface area contributed by atoms with E-state index in [0.29, 0.717) is 18.1 Å². The van der Waals surface area contributed by atoms with Gasteiger partial charge in [0.2, 0.25) is 5.95 Å². The zero-order valence-corrected chi connectivity index (χ0v) is 15.4. The molecule has 8 nitrogen and oxygen atoms in total. The average molecular weight is 355 g/mol. The third-order valence-electron chi connectivity index (χ3n) is 4.31. The molecule has 3 rings (SSSR count). The second-order valence-electron chi connectivity index (χ2n) is 6.29. The van der Waals surface area contributed by atoms with Gasteiger partial charge < -0.3 is 15.1 Å². The Bertz CT molecular complexity index is 730. The fourth-order valence-corrected chi connectivity index (χ4v) is 2.89. The van der Waals surface area contributed by atoms with Crippen LogP contribution in [0, 0.1) is 6.92 Å². The van der Waals surface area contributed by atoms with Crippen LogP contribution in [0.1, 0.15) is 36.1 Å². The minimum absolute atomic E-state index is 0.137. The van der Waals surface area contributed by atoms with Crippen molar-refractivity contribution in [3.05, 3.63) is 36.0 Å². The molecule has 1 N–H and O–H groups in total. The Labute approximate surface area is 153 Å². The Kier molecular flexibility index (Phi) is 5.93. The number of unbranched alkanes of at least 4 members (excludes halogenated alkanes) is 1. The summed E-state index contributed by atoms with van der Waals surface area (Å²) in [6.45, 7) is 7.80. The number of hydrogen-bond donors (Lipinski definition) is 1. The number of amides is 1. The highest BCUT2D eigenvalue weighted by atomic mass is 16.1. The number of carbonyl (C=O) groups is 1. The van der Waals surface area contributed by atoms with Crippen LogP contribution in [-0.2, 0) is 0 Å². The summed E-state index contributed by atoms with van der Waals surface area (Å²) < 4.78 is 0. The molecule has 138 valence electrons. The number of rotatable bonds is 6. The van der Waals surface area contributed by atoms with Crippen molar-refractivity contribution in [2.45, 2.75) is 26.7 Å². The van der Waals surface area contributed by atoms with Crippen molar-refractivity contribution >= 4 is 17.7 Å². The summed E-state index contributed by atoms with van der Waals surface area (Å²) in [5.74, 6) is 2.02. The smallest absolute Gasteiger partial charge is 0.270 e. The molecule has 2 aromatic heterocycles. The van der Waals surface area contributed by atoms with Gasteiger partial charge in [0.1, 0.15) is 17.3 Å². The SMILES string of the molecule is CCCCNC(=O)c1cc(N2CCN(c3ncccn3)CC2)nc(C)n1. The van der Waals surface area contributed by atoms with Crippen LogP contribution in [-0.4, -0.2) is 58.6 Å². The zero-order valence-electron chi connectivity index (χ0n) is 15.4. The van der Waals surface area contributed by atoms with Gasteiger partial charge in [0.15, 0.2) is 0 Å². The maximum atomic E-state index is 12.3. The standard InChI is InChI=1S/C18H25N7O/c1-3-4-6-19-17(26)15-13-16(23-14(2)22-15)24-9-11-25(12-10-24)18-20-7-5-8-21-18/h5,7-8,13H,3-4,6,9-12H2,1-2H3,(H,19,26). The van der Waals surface area contributed by atoms with E-state index < -0.39 is 0 Å². The van der Waals surface area contributed by atoms with Gasteiger partial charge in [-0.3, -0.25) is 4.79 Å². The molecule has 0 radical (unpaired) electrons. The summed E-state index contributed by atoms with van der Waals surface area (Å²) in [6, 6.07) is 3.60. The topological polar surface area (TPSA) is 87.1 Å². The fourth-order valence-electron chi connectivity index (χ4n) is 2.89. The van der Waals surface area contributed by atoms with Gasteiger partial charge in [-0.15, -0.1) is 0 Å². The van der Waals surface area contributed by atoms with Gasteiger partial charge in [-0.1, -0.05) is 13.3 Å². The van der Waals surface area contributed by atoms with E-state index >= 15 is 0 Å². The molecule has 26 heavy (non-hydrogen) atoms. The highest BCUT2D eigenvalue weighted by Crippen LogP contribution is 2.17. The Morgan fingerprint density at radius 3 is 2.50 bits per heavy atom. The van der Waals surface area contributed by atoms with Crippen LogP contribution in [0.25, 0.3) is 0 Å². The van der Waals surface area contributed by atoms with E-state index in [4.69, 9.17) is 0 Å². The lowest BCUT2D eigenvalue weighted by Crippen LogP contribution is -2.47. The van der Waals surface area contributed by atoms with Gasteiger partial charge in [-0.25, -0.2) is 19.9 Å². The largest absolute Gasteiger partial charge is 0.353 e. The number of piperazine rings is 1. The van der Waals surface area contributed by atoms with Crippen LogP contribution in [0.2, 0.25) is 0 Å². The summed E-state index contributed by atoms with van der Waals surface area (Å²) in [5, 5.41) is 2.91. The van der Waals surface area contributed by atoms with Crippen LogP contribution in [0.3, 0.4) is 0 Å². The van der Waals surface area contributed by atoms with E-state index in [2.05, 4.69) is 42.0 Å². The summed E-state index contributed by atoms with van der Waals surface area (Å²) in [5.41, 5.74) is 0.428. The first-order valence-electron chi connectivity index (χ1n) is 9.08. The molecule has 0 atom stereocenters. The molecule has 1 amide bonds. The van der Waals surface area contributed by atoms with E-state index in [1.165, 1.54) is 0 Å². The second kappa shape index (κ2) is 8.55. The van der Waals surface area contributed by atoms with Crippen molar-refractivity contribution in [3.8, 4) is 0 Å². The molecule has 1 saturated heterocycles. The third-order valence-corrected chi connectivity index (χ3v) is 4.31. The normalized spacial score (nSPS) is 14.4. The lowest BCUT2D eigenvalue weighted by molar-refractivity contribution is 0.0948. The molecule has 0 bridgehead atoms. The van der Waals surface area contributed by atoms with Crippen molar-refractivity contribution in [3.63, 3.8) is 0 Å². The fraction of sp³-hybridized carbons (Fsp3) is 0.500. The number of nitrogens with one attached hydrogen (secondary N) is 1. The molecule has 1 fully saturated rings. The molecule has 2 aromatic rings. The first-order valence-corrected chi connectivity index (χ1v) is 9.08. The number of carbonyl (C=O) groups excluding carboxylic acids is 1. The molecule has 1 aliphatic rings. The molecule has 0 spiro atoms. The van der Waals surface area contributed by atoms with Crippen molar-refractivity contribution in [1.29, 1.82) is 0 Å². The van der Waals surface area contributed by atoms with E-state index in [-0.39, 0.29) is 5.91 Å². The molecule has 1 aliphatic heterocycles. The molecule has 0 unspecified atom stereocenters. The van der Waals surface area contributed by atoms with Crippen molar-refractivity contribution < 1.29 is 4.79 Å². The van der Waals surface area contributed by atoms with E-state index in [1.807, 2.05) is 13.0 Å². The Morgan fingerprint density at radius 2 is 1.81 bits per heavy atom. The molecule has 0 aromatic carbocycles. The minimum Gasteiger partial charge on any atom is -0.353 e. The number of nitrogens with zero attached hydrogens (tertiary/aromatic N) is 6. The number of aryl methyl sites for hydroxylation is 1. The highest BCUT2D eigenvalue weighted by molar-refractivity contribution is 5.92. The van der Waals surface area contributed by atoms with Crippen molar-refractivity contribution in [1.82, 2.24) is 25.3 Å². The molecule has 8 heteroatoms. The zero-order chi connectivity index (χ0) is 18.4. The van der Waals surface area contributed by atoms with Gasteiger partial charge >= 0.3 is 0 Å². The molecule has 3 heterocycles. The predicted molar refractivity (Wildman–Crippen MR) is 100 cm³/mol. The van der Waals surface area contributed by atoms with E-state index in [0.717, 1.165) is 50.8 Å². The lowest BCUT2D eigenvalue weighted by Gasteiger charge is -2.35. The van der Waals surface area contributed by atoms with Crippen molar-refractivity contribution in [2.24, 2.45) is 0 Å². The lowest BCUT2D eigenvalue weighted by atomic mass is 10.2. The summed E-state index contributed by atoms with van der Waals surface area (Å²) >= 11 is 0. The van der Waals surface area contributed by atoms with Gasteiger partial charge in [0.25, 0.3) is 5.91 Å². The number of hydrogen-bond acceptors (Lipinski definition) is 7. The highest BCUT2D eigenvalue weighted by Gasteiger charge is 2.21. The molecule has 0 aliphatic carbocycles. The second-order valence-corrected chi connectivity index (χ2v) is 6.29. The van der Waals surface area contributed by atoms with Gasteiger partial charge in [0.05, 0.1) is 0 Å². The maximum Gasteiger partial charge on any atom is 0.270 e. The maximum absolute atomic E-state index is 12.3. The van der Waals surface area contributed by atoms with E-state index in [9.17, 15) is 4.79 Å². The van der Waals surface area contributed by atoms with Gasteiger partial charge in [-0.05, 0) is 19.4 Å². The average Bonchev–Trinajstić information content (AvgIpc) is 2.68. The van der Waals surface area contributed by atoms with Gasteiger partial charge in [-0.2, -0.15) is 0 Å². The van der Waals surface area contributed by atoms with Gasteiger partial charge in [0, 0.05) is 51.2 Å². The van der Waals surface area contributed by atoms with Crippen LogP contribution in [0.4, 0.5) is 11.8 Å². The quantitative estimate of drug-likeness (QED) is 0.784. The van der Waals surface area contributed by atoms with E-state index in [1.54, 1.807) is 18.5 Å². The number of anilines is 2. The summed E-state index contributed by atoms with van der Waals surface area (Å²) in [4.78, 5) is 34.1. The Balaban J connectivity index is 1.65. The molecular formula is C18H25N7O. The predicted octanol–water partition coefficient (Wildman–Crippen LogP) is 1.43. The van der Waals surface area contributed by atoms with Crippen molar-refractivity contribution in [2.75, 3.05) is 42.5 Å². The van der Waals surface area contributed by atoms with Crippen LogP contribution >= 0.6 is 0 Å². The van der Waals surface area contributed by atoms with Crippen LogP contribution < -0.4 is 15.1 Å². The third kappa shape index (κ3) is 4.44. The molecule has 0 saturated carbocycles. The van der Waals surface area contributed by atoms with Crippen LogP contribution in [0.5, 0.6) is 0 Å².